The number of urea groups is 1. The molecule has 1 heterocycles. The van der Waals surface area contributed by atoms with Gasteiger partial charge in [0.25, 0.3) is 0 Å². The number of aromatic nitrogens is 1. The molecular weight excluding hydrogens is 218 g/mol. The summed E-state index contributed by atoms with van der Waals surface area (Å²) in [4.78, 5) is 11.5. The lowest BCUT2D eigenvalue weighted by atomic mass is 10.2. The maximum absolute atomic E-state index is 11.5. The fraction of sp³-hybridized carbons (Fsp3) is 0.583. The summed E-state index contributed by atoms with van der Waals surface area (Å²) in [6.07, 6.45) is 5.41. The zero-order valence-corrected chi connectivity index (χ0v) is 10.4. The summed E-state index contributed by atoms with van der Waals surface area (Å²) in [5, 5.41) is 14.3. The molecule has 1 rings (SSSR count). The summed E-state index contributed by atoms with van der Waals surface area (Å²) >= 11 is 0. The van der Waals surface area contributed by atoms with Gasteiger partial charge in [0.15, 0.2) is 0 Å². The van der Waals surface area contributed by atoms with Gasteiger partial charge in [0, 0.05) is 38.6 Å². The van der Waals surface area contributed by atoms with Crippen LogP contribution in [0.2, 0.25) is 0 Å². The van der Waals surface area contributed by atoms with Gasteiger partial charge in [0.2, 0.25) is 0 Å². The van der Waals surface area contributed by atoms with E-state index in [1.54, 1.807) is 0 Å². The molecule has 0 saturated carbocycles. The minimum absolute atomic E-state index is 0.0814. The lowest BCUT2D eigenvalue weighted by Gasteiger charge is -2.13. The summed E-state index contributed by atoms with van der Waals surface area (Å²) in [6.45, 7) is 2.62. The van der Waals surface area contributed by atoms with Gasteiger partial charge in [-0.3, -0.25) is 0 Å². The molecular formula is C12H21N3O2. The van der Waals surface area contributed by atoms with Crippen LogP contribution in [0.3, 0.4) is 0 Å². The third kappa shape index (κ3) is 5.40. The summed E-state index contributed by atoms with van der Waals surface area (Å²) in [6, 6.07) is 1.88. The summed E-state index contributed by atoms with van der Waals surface area (Å²) in [5.74, 6) is 0. The zero-order chi connectivity index (χ0) is 12.7. The van der Waals surface area contributed by atoms with Crippen LogP contribution in [0, 0.1) is 0 Å². The van der Waals surface area contributed by atoms with Crippen LogP contribution in [0.15, 0.2) is 18.5 Å². The van der Waals surface area contributed by atoms with E-state index in [0.29, 0.717) is 13.0 Å². The zero-order valence-electron chi connectivity index (χ0n) is 10.4. The standard InChI is InChI=1S/C12H21N3O2/c1-10(4-3-7-16)14-12(17)13-8-11-5-6-15(2)9-11/h5-6,9-10,16H,3-4,7-8H2,1-2H3,(H2,13,14,17). The van der Waals surface area contributed by atoms with E-state index < -0.39 is 0 Å². The molecule has 0 radical (unpaired) electrons. The molecule has 0 bridgehead atoms. The van der Waals surface area contributed by atoms with Gasteiger partial charge < -0.3 is 20.3 Å². The number of hydrogen-bond acceptors (Lipinski definition) is 2. The van der Waals surface area contributed by atoms with Crippen LogP contribution in [0.1, 0.15) is 25.3 Å². The Labute approximate surface area is 102 Å². The Balaban J connectivity index is 2.21. The maximum atomic E-state index is 11.5. The molecule has 1 aromatic heterocycles. The minimum atomic E-state index is -0.167. The van der Waals surface area contributed by atoms with Gasteiger partial charge >= 0.3 is 6.03 Å². The lowest BCUT2D eigenvalue weighted by Crippen LogP contribution is -2.40. The highest BCUT2D eigenvalue weighted by Crippen LogP contribution is 1.99. The van der Waals surface area contributed by atoms with Crippen molar-refractivity contribution in [2.75, 3.05) is 6.61 Å². The van der Waals surface area contributed by atoms with Crippen molar-refractivity contribution >= 4 is 6.03 Å². The van der Waals surface area contributed by atoms with Crippen molar-refractivity contribution in [3.05, 3.63) is 24.0 Å². The van der Waals surface area contributed by atoms with Crippen molar-refractivity contribution in [1.29, 1.82) is 0 Å². The van der Waals surface area contributed by atoms with Crippen molar-refractivity contribution < 1.29 is 9.90 Å². The van der Waals surface area contributed by atoms with Crippen molar-refractivity contribution in [1.82, 2.24) is 15.2 Å². The molecule has 1 unspecified atom stereocenters. The first-order valence-electron chi connectivity index (χ1n) is 5.88. The van der Waals surface area contributed by atoms with Crippen molar-refractivity contribution in [2.45, 2.75) is 32.4 Å². The van der Waals surface area contributed by atoms with Crippen molar-refractivity contribution in [3.63, 3.8) is 0 Å². The molecule has 96 valence electrons. The van der Waals surface area contributed by atoms with Gasteiger partial charge in [0.05, 0.1) is 0 Å². The Hall–Kier alpha value is -1.49. The molecule has 3 N–H and O–H groups in total. The molecule has 1 aromatic rings. The van der Waals surface area contributed by atoms with Gasteiger partial charge in [-0.05, 0) is 31.4 Å². The lowest BCUT2D eigenvalue weighted by molar-refractivity contribution is 0.234. The van der Waals surface area contributed by atoms with Crippen LogP contribution in [0.4, 0.5) is 4.79 Å². The minimum Gasteiger partial charge on any atom is -0.396 e. The van der Waals surface area contributed by atoms with Gasteiger partial charge in [-0.1, -0.05) is 0 Å². The van der Waals surface area contributed by atoms with Crippen LogP contribution < -0.4 is 10.6 Å². The molecule has 1 atom stereocenters. The second kappa shape index (κ2) is 6.96. The number of carbonyl (C=O) groups is 1. The average molecular weight is 239 g/mol. The number of aryl methyl sites for hydroxylation is 1. The van der Waals surface area contributed by atoms with Crippen LogP contribution in [-0.4, -0.2) is 28.4 Å². The van der Waals surface area contributed by atoms with Gasteiger partial charge in [-0.25, -0.2) is 4.79 Å². The maximum Gasteiger partial charge on any atom is 0.315 e. The molecule has 0 aromatic carbocycles. The Morgan fingerprint density at radius 2 is 2.35 bits per heavy atom. The predicted octanol–water partition coefficient (Wildman–Crippen LogP) is 0.985. The number of aliphatic hydroxyl groups excluding tert-OH is 1. The highest BCUT2D eigenvalue weighted by molar-refractivity contribution is 5.74. The Morgan fingerprint density at radius 1 is 1.59 bits per heavy atom. The van der Waals surface area contributed by atoms with Gasteiger partial charge in [0.1, 0.15) is 0 Å². The average Bonchev–Trinajstić information content (AvgIpc) is 2.70. The topological polar surface area (TPSA) is 66.3 Å². The van der Waals surface area contributed by atoms with E-state index in [9.17, 15) is 4.79 Å². The number of carbonyl (C=O) groups excluding carboxylic acids is 1. The molecule has 0 spiro atoms. The number of hydrogen-bond donors (Lipinski definition) is 3. The molecule has 0 aliphatic heterocycles. The van der Waals surface area contributed by atoms with E-state index in [1.807, 2.05) is 37.0 Å². The van der Waals surface area contributed by atoms with E-state index in [-0.39, 0.29) is 18.7 Å². The fourth-order valence-electron chi connectivity index (χ4n) is 1.59. The smallest absolute Gasteiger partial charge is 0.315 e. The molecule has 17 heavy (non-hydrogen) atoms. The van der Waals surface area contributed by atoms with Crippen LogP contribution >= 0.6 is 0 Å². The Bertz CT molecular complexity index is 349. The van der Waals surface area contributed by atoms with Crippen molar-refractivity contribution in [2.24, 2.45) is 7.05 Å². The van der Waals surface area contributed by atoms with Crippen molar-refractivity contribution in [3.8, 4) is 0 Å². The summed E-state index contributed by atoms with van der Waals surface area (Å²) in [7, 11) is 1.94. The Morgan fingerprint density at radius 3 is 2.94 bits per heavy atom. The van der Waals surface area contributed by atoms with Crippen LogP contribution in [0.5, 0.6) is 0 Å². The number of amides is 2. The highest BCUT2D eigenvalue weighted by atomic mass is 16.3. The van der Waals surface area contributed by atoms with Crippen LogP contribution in [-0.2, 0) is 13.6 Å². The first kappa shape index (κ1) is 13.6. The van der Waals surface area contributed by atoms with E-state index in [4.69, 9.17) is 5.11 Å². The van der Waals surface area contributed by atoms with E-state index in [0.717, 1.165) is 12.0 Å². The van der Waals surface area contributed by atoms with Gasteiger partial charge in [-0.15, -0.1) is 0 Å². The third-order valence-corrected chi connectivity index (χ3v) is 2.52. The predicted molar refractivity (Wildman–Crippen MR) is 66.6 cm³/mol. The Kier molecular flexibility index (Phi) is 5.56. The van der Waals surface area contributed by atoms with E-state index >= 15 is 0 Å². The first-order valence-corrected chi connectivity index (χ1v) is 5.88. The fourth-order valence-corrected chi connectivity index (χ4v) is 1.59. The number of nitrogens with one attached hydrogen (secondary N) is 2. The number of aliphatic hydroxyl groups is 1. The second-order valence-corrected chi connectivity index (χ2v) is 4.28. The molecule has 0 fully saturated rings. The largest absolute Gasteiger partial charge is 0.396 e. The molecule has 2 amide bonds. The first-order chi connectivity index (χ1) is 8.11. The van der Waals surface area contributed by atoms with Crippen LogP contribution in [0.25, 0.3) is 0 Å². The highest BCUT2D eigenvalue weighted by Gasteiger charge is 2.06. The van der Waals surface area contributed by atoms with E-state index in [1.165, 1.54) is 0 Å². The molecule has 0 aliphatic carbocycles. The molecule has 5 heteroatoms. The summed E-state index contributed by atoms with van der Waals surface area (Å²) < 4.78 is 1.94. The SMILES string of the molecule is CC(CCCO)NC(=O)NCc1ccn(C)c1. The van der Waals surface area contributed by atoms with E-state index in [2.05, 4.69) is 10.6 Å². The normalized spacial score (nSPS) is 12.2. The quantitative estimate of drug-likeness (QED) is 0.693. The second-order valence-electron chi connectivity index (χ2n) is 4.28. The monoisotopic (exact) mass is 239 g/mol. The molecule has 5 nitrogen and oxygen atoms in total. The third-order valence-electron chi connectivity index (χ3n) is 2.52. The molecule has 0 aliphatic rings. The number of rotatable bonds is 6. The number of nitrogens with zero attached hydrogens (tertiary/aromatic N) is 1. The van der Waals surface area contributed by atoms with Gasteiger partial charge in [-0.2, -0.15) is 0 Å². The molecule has 0 saturated heterocycles. The summed E-state index contributed by atoms with van der Waals surface area (Å²) in [5.41, 5.74) is 1.07.